The number of nitrogens with zero attached hydrogens (tertiary/aromatic N) is 2. The van der Waals surface area contributed by atoms with Crippen molar-refractivity contribution >= 4 is 17.6 Å². The van der Waals surface area contributed by atoms with Gasteiger partial charge in [-0.25, -0.2) is 9.88 Å². The molecule has 1 atom stereocenters. The van der Waals surface area contributed by atoms with Crippen molar-refractivity contribution in [2.45, 2.75) is 12.3 Å². The Morgan fingerprint density at radius 3 is 2.42 bits per heavy atom. The van der Waals surface area contributed by atoms with Crippen LogP contribution in [0.5, 0.6) is 0 Å². The number of amides is 2. The van der Waals surface area contributed by atoms with Crippen LogP contribution in [0.15, 0.2) is 54.7 Å². The lowest BCUT2D eigenvalue weighted by Crippen LogP contribution is -2.30. The average molecular weight is 252 g/mol. The molecule has 1 saturated heterocycles. The number of benzene rings is 1. The Morgan fingerprint density at radius 1 is 1.00 bits per heavy atom. The highest BCUT2D eigenvalue weighted by Crippen LogP contribution is 2.31. The molecule has 1 fully saturated rings. The highest BCUT2D eigenvalue weighted by atomic mass is 16.2. The normalized spacial score (nSPS) is 18.9. The molecular formula is C15H12N2O2. The van der Waals surface area contributed by atoms with Crippen LogP contribution in [0.1, 0.15) is 17.9 Å². The molecule has 1 aromatic carbocycles. The van der Waals surface area contributed by atoms with Gasteiger partial charge in [0.1, 0.15) is 5.82 Å². The molecule has 0 radical (unpaired) electrons. The largest absolute Gasteiger partial charge is 0.274 e. The van der Waals surface area contributed by atoms with Gasteiger partial charge in [-0.05, 0) is 17.7 Å². The van der Waals surface area contributed by atoms with E-state index < -0.39 is 5.92 Å². The van der Waals surface area contributed by atoms with Crippen molar-refractivity contribution < 1.29 is 9.59 Å². The maximum Gasteiger partial charge on any atom is 0.243 e. The van der Waals surface area contributed by atoms with Crippen LogP contribution in [0.3, 0.4) is 0 Å². The van der Waals surface area contributed by atoms with Crippen molar-refractivity contribution in [2.24, 2.45) is 0 Å². The molecular weight excluding hydrogens is 240 g/mol. The van der Waals surface area contributed by atoms with Gasteiger partial charge in [0.15, 0.2) is 0 Å². The van der Waals surface area contributed by atoms with E-state index in [0.29, 0.717) is 5.82 Å². The summed E-state index contributed by atoms with van der Waals surface area (Å²) in [4.78, 5) is 29.7. The number of imide groups is 1. The van der Waals surface area contributed by atoms with E-state index in [1.165, 1.54) is 4.90 Å². The minimum atomic E-state index is -0.393. The van der Waals surface area contributed by atoms with E-state index in [1.54, 1.807) is 24.4 Å². The predicted octanol–water partition coefficient (Wildman–Crippen LogP) is 2.13. The summed E-state index contributed by atoms with van der Waals surface area (Å²) in [6.45, 7) is 0. The molecule has 0 bridgehead atoms. The first-order valence-electron chi connectivity index (χ1n) is 6.10. The summed E-state index contributed by atoms with van der Waals surface area (Å²) in [5.74, 6) is -0.390. The minimum Gasteiger partial charge on any atom is -0.274 e. The first kappa shape index (κ1) is 11.6. The average Bonchev–Trinajstić information content (AvgIpc) is 2.76. The van der Waals surface area contributed by atoms with E-state index in [0.717, 1.165) is 5.56 Å². The Labute approximate surface area is 110 Å². The van der Waals surface area contributed by atoms with Gasteiger partial charge in [-0.1, -0.05) is 36.4 Å². The van der Waals surface area contributed by atoms with Crippen molar-refractivity contribution in [2.75, 3.05) is 4.90 Å². The second-order valence-corrected chi connectivity index (χ2v) is 4.42. The minimum absolute atomic E-state index is 0.197. The lowest BCUT2D eigenvalue weighted by atomic mass is 9.98. The second-order valence-electron chi connectivity index (χ2n) is 4.42. The van der Waals surface area contributed by atoms with E-state index in [-0.39, 0.29) is 18.2 Å². The SMILES string of the molecule is O=C1CC(c2ccccc2)C(=O)N1c1ccccn1. The third-order valence-corrected chi connectivity index (χ3v) is 3.23. The van der Waals surface area contributed by atoms with Gasteiger partial charge >= 0.3 is 0 Å². The van der Waals surface area contributed by atoms with Crippen molar-refractivity contribution in [1.82, 2.24) is 4.98 Å². The van der Waals surface area contributed by atoms with Crippen LogP contribution >= 0.6 is 0 Å². The predicted molar refractivity (Wildman–Crippen MR) is 70.5 cm³/mol. The van der Waals surface area contributed by atoms with Gasteiger partial charge in [-0.2, -0.15) is 0 Å². The molecule has 3 rings (SSSR count). The second kappa shape index (κ2) is 4.65. The van der Waals surface area contributed by atoms with E-state index >= 15 is 0 Å². The van der Waals surface area contributed by atoms with Crippen LogP contribution in [0.25, 0.3) is 0 Å². The van der Waals surface area contributed by atoms with Crippen molar-refractivity contribution in [1.29, 1.82) is 0 Å². The van der Waals surface area contributed by atoms with Gasteiger partial charge in [0, 0.05) is 12.6 Å². The van der Waals surface area contributed by atoms with Gasteiger partial charge in [0.2, 0.25) is 11.8 Å². The number of rotatable bonds is 2. The Bertz CT molecular complexity index is 611. The smallest absolute Gasteiger partial charge is 0.243 e. The Balaban J connectivity index is 1.94. The standard InChI is InChI=1S/C15H12N2O2/c18-14-10-12(11-6-2-1-3-7-11)15(19)17(14)13-8-4-5-9-16-13/h1-9,12H,10H2. The lowest BCUT2D eigenvalue weighted by molar-refractivity contribution is -0.121. The zero-order valence-corrected chi connectivity index (χ0v) is 10.2. The molecule has 0 N–H and O–H groups in total. The highest BCUT2D eigenvalue weighted by Gasteiger charge is 2.40. The fraction of sp³-hybridized carbons (Fsp3) is 0.133. The van der Waals surface area contributed by atoms with E-state index in [1.807, 2.05) is 30.3 Å². The van der Waals surface area contributed by atoms with E-state index in [2.05, 4.69) is 4.98 Å². The van der Waals surface area contributed by atoms with Crippen LogP contribution in [0.4, 0.5) is 5.82 Å². The Morgan fingerprint density at radius 2 is 1.74 bits per heavy atom. The molecule has 2 heterocycles. The van der Waals surface area contributed by atoms with Gasteiger partial charge in [-0.3, -0.25) is 9.59 Å². The zero-order chi connectivity index (χ0) is 13.2. The summed E-state index contributed by atoms with van der Waals surface area (Å²) in [5.41, 5.74) is 0.874. The summed E-state index contributed by atoms with van der Waals surface area (Å²) in [7, 11) is 0. The van der Waals surface area contributed by atoms with Crippen LogP contribution in [0.2, 0.25) is 0 Å². The van der Waals surface area contributed by atoms with Crippen molar-refractivity contribution in [3.8, 4) is 0 Å². The van der Waals surface area contributed by atoms with Crippen LogP contribution in [-0.4, -0.2) is 16.8 Å². The number of pyridine rings is 1. The quantitative estimate of drug-likeness (QED) is 0.769. The van der Waals surface area contributed by atoms with Crippen molar-refractivity contribution in [3.05, 3.63) is 60.3 Å². The lowest BCUT2D eigenvalue weighted by Gasteiger charge is -2.13. The molecule has 1 unspecified atom stereocenters. The summed E-state index contributed by atoms with van der Waals surface area (Å²) in [6.07, 6.45) is 1.78. The number of hydrogen-bond acceptors (Lipinski definition) is 3. The third kappa shape index (κ3) is 2.01. The summed E-state index contributed by atoms with van der Waals surface area (Å²) in [6, 6.07) is 14.6. The number of carbonyl (C=O) groups excluding carboxylic acids is 2. The number of carbonyl (C=O) groups is 2. The molecule has 1 aliphatic rings. The number of hydrogen-bond donors (Lipinski definition) is 0. The number of anilines is 1. The van der Waals surface area contributed by atoms with Gasteiger partial charge in [0.05, 0.1) is 5.92 Å². The first-order valence-corrected chi connectivity index (χ1v) is 6.10. The molecule has 4 nitrogen and oxygen atoms in total. The van der Waals surface area contributed by atoms with Gasteiger partial charge < -0.3 is 0 Å². The fourth-order valence-electron chi connectivity index (χ4n) is 2.30. The summed E-state index contributed by atoms with van der Waals surface area (Å²) in [5, 5.41) is 0. The molecule has 0 aliphatic carbocycles. The molecule has 1 aromatic heterocycles. The fourth-order valence-corrected chi connectivity index (χ4v) is 2.30. The van der Waals surface area contributed by atoms with Crippen LogP contribution in [-0.2, 0) is 9.59 Å². The molecule has 2 aromatic rings. The monoisotopic (exact) mass is 252 g/mol. The van der Waals surface area contributed by atoms with Gasteiger partial charge in [0.25, 0.3) is 0 Å². The Hall–Kier alpha value is -2.49. The molecule has 19 heavy (non-hydrogen) atoms. The summed E-state index contributed by atoms with van der Waals surface area (Å²) < 4.78 is 0. The molecule has 1 aliphatic heterocycles. The molecule has 0 spiro atoms. The topological polar surface area (TPSA) is 50.3 Å². The zero-order valence-electron chi connectivity index (χ0n) is 10.2. The Kier molecular flexibility index (Phi) is 2.83. The van der Waals surface area contributed by atoms with Crippen LogP contribution < -0.4 is 4.90 Å². The maximum atomic E-state index is 12.4. The van der Waals surface area contributed by atoms with Crippen molar-refractivity contribution in [3.63, 3.8) is 0 Å². The molecule has 0 saturated carbocycles. The first-order chi connectivity index (χ1) is 9.27. The van der Waals surface area contributed by atoms with E-state index in [4.69, 9.17) is 0 Å². The molecule has 94 valence electrons. The molecule has 4 heteroatoms. The third-order valence-electron chi connectivity index (χ3n) is 3.23. The van der Waals surface area contributed by atoms with E-state index in [9.17, 15) is 9.59 Å². The number of aromatic nitrogens is 1. The van der Waals surface area contributed by atoms with Crippen LogP contribution in [0, 0.1) is 0 Å². The summed E-state index contributed by atoms with van der Waals surface area (Å²) >= 11 is 0. The molecule has 2 amide bonds. The maximum absolute atomic E-state index is 12.4. The van der Waals surface area contributed by atoms with Gasteiger partial charge in [-0.15, -0.1) is 0 Å². The highest BCUT2D eigenvalue weighted by molar-refractivity contribution is 6.22.